The molecule has 2 amide bonds. The molecule has 2 atom stereocenters. The molecule has 3 aromatic carbocycles. The third kappa shape index (κ3) is 4.79. The first kappa shape index (κ1) is 26.5. The molecule has 5 aromatic rings. The fourth-order valence-electron chi connectivity index (χ4n) is 6.17. The van der Waals surface area contributed by atoms with Crippen LogP contribution in [0.5, 0.6) is 17.2 Å². The van der Waals surface area contributed by atoms with Gasteiger partial charge >= 0.3 is 0 Å². The fourth-order valence-corrected chi connectivity index (χ4v) is 6.17. The quantitative estimate of drug-likeness (QED) is 0.242. The summed E-state index contributed by atoms with van der Waals surface area (Å²) in [4.78, 5) is 35.4. The highest BCUT2D eigenvalue weighted by Crippen LogP contribution is 2.44. The summed E-state index contributed by atoms with van der Waals surface area (Å²) in [7, 11) is 4.71. The van der Waals surface area contributed by atoms with Crippen LogP contribution in [0.25, 0.3) is 21.8 Å². The number of piperidine rings is 1. The van der Waals surface area contributed by atoms with E-state index in [0.29, 0.717) is 30.2 Å². The molecular weight excluding hydrogens is 518 g/mol. The van der Waals surface area contributed by atoms with Gasteiger partial charge in [0.05, 0.1) is 21.3 Å². The number of aromatic amines is 2. The minimum Gasteiger partial charge on any atom is -0.493 e. The van der Waals surface area contributed by atoms with Crippen molar-refractivity contribution >= 4 is 33.6 Å². The van der Waals surface area contributed by atoms with Crippen LogP contribution >= 0.6 is 0 Å². The van der Waals surface area contributed by atoms with Crippen molar-refractivity contribution in [3.8, 4) is 17.2 Å². The van der Waals surface area contributed by atoms with Crippen LogP contribution in [0.2, 0.25) is 0 Å². The maximum Gasteiger partial charge on any atom is 0.230 e. The van der Waals surface area contributed by atoms with E-state index in [4.69, 9.17) is 14.2 Å². The molecule has 1 saturated heterocycles. The Labute approximate surface area is 238 Å². The van der Waals surface area contributed by atoms with Crippen LogP contribution in [0.4, 0.5) is 0 Å². The molecular formula is C33H33N3O5. The largest absolute Gasteiger partial charge is 0.493 e. The van der Waals surface area contributed by atoms with Crippen LogP contribution in [-0.4, -0.2) is 54.6 Å². The van der Waals surface area contributed by atoms with Crippen molar-refractivity contribution in [3.63, 3.8) is 0 Å². The zero-order valence-corrected chi connectivity index (χ0v) is 23.4. The molecule has 0 radical (unpaired) electrons. The average molecular weight is 552 g/mol. The Morgan fingerprint density at radius 2 is 1.54 bits per heavy atom. The number of amides is 2. The highest BCUT2D eigenvalue weighted by molar-refractivity contribution is 5.97. The lowest BCUT2D eigenvalue weighted by Crippen LogP contribution is -2.42. The Bertz CT molecular complexity index is 1710. The fraction of sp³-hybridized carbons (Fsp3) is 0.273. The number of likely N-dealkylation sites (tertiary alicyclic amines) is 1. The number of carbonyl (C=O) groups is 2. The van der Waals surface area contributed by atoms with E-state index in [0.717, 1.165) is 44.9 Å². The molecule has 3 heterocycles. The van der Waals surface area contributed by atoms with Crippen LogP contribution in [0.1, 0.15) is 47.8 Å². The number of nitrogens with zero attached hydrogens (tertiary/aromatic N) is 1. The first-order valence-electron chi connectivity index (χ1n) is 13.8. The number of hydrogen-bond donors (Lipinski definition) is 2. The summed E-state index contributed by atoms with van der Waals surface area (Å²) in [6.45, 7) is 0.387. The molecule has 1 aliphatic rings. The molecule has 0 bridgehead atoms. The molecule has 2 N–H and O–H groups in total. The van der Waals surface area contributed by atoms with Gasteiger partial charge in [0.15, 0.2) is 11.5 Å². The number of nitrogens with one attached hydrogen (secondary N) is 2. The second-order valence-electron chi connectivity index (χ2n) is 10.4. The number of fused-ring (bicyclic) bond motifs is 2. The Morgan fingerprint density at radius 3 is 2.20 bits per heavy atom. The molecule has 1 aliphatic heterocycles. The summed E-state index contributed by atoms with van der Waals surface area (Å²) in [6, 6.07) is 19.9. The summed E-state index contributed by atoms with van der Waals surface area (Å²) in [5, 5.41) is 2.15. The number of para-hydroxylation sites is 2. The normalized spacial score (nSPS) is 16.2. The van der Waals surface area contributed by atoms with Crippen LogP contribution in [-0.2, 0) is 9.59 Å². The molecule has 2 aromatic heterocycles. The summed E-state index contributed by atoms with van der Waals surface area (Å²) in [5.74, 6) is 0.881. The first-order chi connectivity index (χ1) is 20.0. The van der Waals surface area contributed by atoms with Crippen molar-refractivity contribution in [3.05, 3.63) is 89.7 Å². The van der Waals surface area contributed by atoms with Crippen LogP contribution in [0.3, 0.4) is 0 Å². The van der Waals surface area contributed by atoms with Gasteiger partial charge in [-0.2, -0.15) is 0 Å². The molecule has 1 fully saturated rings. The van der Waals surface area contributed by atoms with Gasteiger partial charge in [0.25, 0.3) is 0 Å². The zero-order chi connectivity index (χ0) is 28.5. The maximum absolute atomic E-state index is 13.9. The van der Waals surface area contributed by atoms with E-state index >= 15 is 0 Å². The van der Waals surface area contributed by atoms with Crippen molar-refractivity contribution in [1.29, 1.82) is 0 Å². The maximum atomic E-state index is 13.9. The van der Waals surface area contributed by atoms with Gasteiger partial charge in [0.1, 0.15) is 0 Å². The van der Waals surface area contributed by atoms with Crippen LogP contribution < -0.4 is 14.2 Å². The Morgan fingerprint density at radius 1 is 0.902 bits per heavy atom. The topological polar surface area (TPSA) is 96.7 Å². The molecule has 0 aliphatic carbocycles. The van der Waals surface area contributed by atoms with Gasteiger partial charge in [-0.25, -0.2) is 0 Å². The second-order valence-corrected chi connectivity index (χ2v) is 10.4. The monoisotopic (exact) mass is 551 g/mol. The van der Waals surface area contributed by atoms with E-state index < -0.39 is 0 Å². The number of benzene rings is 3. The number of H-pyrrole nitrogens is 2. The van der Waals surface area contributed by atoms with Crippen molar-refractivity contribution in [2.75, 3.05) is 27.9 Å². The SMILES string of the molecule is COc1cc(C(CC(=O)N2CCC(c3c[nH]c4ccccc34)CC2=O)c2c[nH]c3ccccc23)cc(OC)c1OC. The van der Waals surface area contributed by atoms with Gasteiger partial charge in [-0.05, 0) is 53.3 Å². The number of methoxy groups -OCH3 is 3. The van der Waals surface area contributed by atoms with Crippen molar-refractivity contribution in [2.24, 2.45) is 0 Å². The Kier molecular flexibility index (Phi) is 7.14. The summed E-state index contributed by atoms with van der Waals surface area (Å²) in [6.07, 6.45) is 5.08. The minimum absolute atomic E-state index is 0.0715. The first-order valence-corrected chi connectivity index (χ1v) is 13.8. The lowest BCUT2D eigenvalue weighted by molar-refractivity contribution is -0.147. The molecule has 0 saturated carbocycles. The Hall–Kier alpha value is -4.72. The average Bonchev–Trinajstić information content (AvgIpc) is 3.63. The molecule has 210 valence electrons. The lowest BCUT2D eigenvalue weighted by Gasteiger charge is -2.31. The van der Waals surface area contributed by atoms with Crippen molar-refractivity contribution in [1.82, 2.24) is 14.9 Å². The molecule has 2 unspecified atom stereocenters. The number of rotatable bonds is 8. The zero-order valence-electron chi connectivity index (χ0n) is 23.4. The third-order valence-corrected chi connectivity index (χ3v) is 8.25. The number of hydrogen-bond acceptors (Lipinski definition) is 5. The number of carbonyl (C=O) groups excluding carboxylic acids is 2. The minimum atomic E-state index is -0.355. The third-order valence-electron chi connectivity index (χ3n) is 8.25. The lowest BCUT2D eigenvalue weighted by atomic mass is 9.86. The number of aromatic nitrogens is 2. The van der Waals surface area contributed by atoms with E-state index in [1.807, 2.05) is 67.0 Å². The molecule has 0 spiro atoms. The summed E-state index contributed by atoms with van der Waals surface area (Å²) >= 11 is 0. The van der Waals surface area contributed by atoms with Gasteiger partial charge in [-0.15, -0.1) is 0 Å². The van der Waals surface area contributed by atoms with Crippen molar-refractivity contribution < 1.29 is 23.8 Å². The van der Waals surface area contributed by atoms with Crippen molar-refractivity contribution in [2.45, 2.75) is 31.1 Å². The van der Waals surface area contributed by atoms with Gasteiger partial charge in [-0.3, -0.25) is 14.5 Å². The van der Waals surface area contributed by atoms with E-state index in [9.17, 15) is 9.59 Å². The smallest absolute Gasteiger partial charge is 0.230 e. The highest BCUT2D eigenvalue weighted by atomic mass is 16.5. The second kappa shape index (κ2) is 11.0. The Balaban J connectivity index is 1.31. The van der Waals surface area contributed by atoms with Gasteiger partial charge in [-0.1, -0.05) is 36.4 Å². The molecule has 8 heteroatoms. The number of ether oxygens (including phenoxy) is 3. The highest BCUT2D eigenvalue weighted by Gasteiger charge is 2.34. The van der Waals surface area contributed by atoms with E-state index in [-0.39, 0.29) is 30.1 Å². The van der Waals surface area contributed by atoms with Gasteiger partial charge < -0.3 is 24.2 Å². The van der Waals surface area contributed by atoms with E-state index in [1.165, 1.54) is 4.90 Å². The predicted octanol–water partition coefficient (Wildman–Crippen LogP) is 6.13. The van der Waals surface area contributed by atoms with E-state index in [2.05, 4.69) is 16.0 Å². The standard InChI is InChI=1S/C33H33N3O5/c1-39-29-14-21(15-30(40-2)33(29)41-3)24(26-19-35-28-11-7-5-9-23(26)28)17-32(38)36-13-12-20(16-31(36)37)25-18-34-27-10-6-4-8-22(25)27/h4-11,14-15,18-20,24,34-35H,12-13,16-17H2,1-3H3. The van der Waals surface area contributed by atoms with Crippen LogP contribution in [0, 0.1) is 0 Å². The van der Waals surface area contributed by atoms with E-state index in [1.54, 1.807) is 21.3 Å². The summed E-state index contributed by atoms with van der Waals surface area (Å²) < 4.78 is 16.8. The molecule has 41 heavy (non-hydrogen) atoms. The number of imide groups is 1. The predicted molar refractivity (Wildman–Crippen MR) is 158 cm³/mol. The van der Waals surface area contributed by atoms with Crippen LogP contribution in [0.15, 0.2) is 73.1 Å². The van der Waals surface area contributed by atoms with Gasteiger partial charge in [0.2, 0.25) is 17.6 Å². The summed E-state index contributed by atoms with van der Waals surface area (Å²) in [5.41, 5.74) is 4.96. The van der Waals surface area contributed by atoms with Gasteiger partial charge in [0, 0.05) is 59.5 Å². The molecule has 8 nitrogen and oxygen atoms in total. The molecule has 6 rings (SSSR count).